The Morgan fingerprint density at radius 3 is 2.52 bits per heavy atom. The molecule has 2 aromatic heterocycles. The van der Waals surface area contributed by atoms with Crippen molar-refractivity contribution in [3.05, 3.63) is 46.1 Å². The second-order valence-corrected chi connectivity index (χ2v) is 7.70. The minimum Gasteiger partial charge on any atom is -0.325 e. The molecule has 0 radical (unpaired) electrons. The fourth-order valence-corrected chi connectivity index (χ4v) is 4.45. The van der Waals surface area contributed by atoms with Crippen molar-refractivity contribution < 1.29 is 13.6 Å². The van der Waals surface area contributed by atoms with Crippen LogP contribution in [-0.4, -0.2) is 21.6 Å². The first-order valence-corrected chi connectivity index (χ1v) is 9.27. The third kappa shape index (κ3) is 3.96. The van der Waals surface area contributed by atoms with E-state index in [0.717, 1.165) is 43.9 Å². The number of thioether (sulfide) groups is 1. The molecule has 1 aromatic carbocycles. The van der Waals surface area contributed by atoms with Gasteiger partial charge in [0.15, 0.2) is 0 Å². The molecule has 25 heavy (non-hydrogen) atoms. The Kier molecular flexibility index (Phi) is 5.01. The van der Waals surface area contributed by atoms with E-state index in [9.17, 15) is 13.6 Å². The summed E-state index contributed by atoms with van der Waals surface area (Å²) in [7, 11) is 0. The summed E-state index contributed by atoms with van der Waals surface area (Å²) in [6, 6.07) is 2.91. The number of hydrogen-bond acceptors (Lipinski definition) is 5. The fraction of sp³-hybridized carbons (Fsp3) is 0.235. The number of anilines is 1. The highest BCUT2D eigenvalue weighted by Gasteiger charge is 2.15. The molecule has 0 atom stereocenters. The maximum Gasteiger partial charge on any atom is 0.234 e. The highest BCUT2D eigenvalue weighted by molar-refractivity contribution is 8.00. The molecule has 3 rings (SSSR count). The zero-order valence-corrected chi connectivity index (χ0v) is 15.4. The van der Waals surface area contributed by atoms with Crippen LogP contribution in [0.4, 0.5) is 14.5 Å². The minimum absolute atomic E-state index is 0.0814. The standard InChI is InChI=1S/C17H15F2N3OS2/c1-8-9(2)25-17-15(8)16(20-10(3)21-17)24-7-14(23)22-13-5-11(18)4-12(19)6-13/h4-6H,7H2,1-3H3,(H,22,23). The molecule has 0 aliphatic rings. The van der Waals surface area contributed by atoms with Gasteiger partial charge in [0.05, 0.1) is 5.75 Å². The van der Waals surface area contributed by atoms with E-state index in [-0.39, 0.29) is 17.3 Å². The van der Waals surface area contributed by atoms with Gasteiger partial charge in [-0.1, -0.05) is 11.8 Å². The number of amides is 1. The molecule has 0 saturated heterocycles. The van der Waals surface area contributed by atoms with Crippen LogP contribution in [0.3, 0.4) is 0 Å². The van der Waals surface area contributed by atoms with Gasteiger partial charge in [-0.15, -0.1) is 11.3 Å². The Balaban J connectivity index is 1.77. The van der Waals surface area contributed by atoms with Crippen LogP contribution in [0.25, 0.3) is 10.2 Å². The molecule has 0 aliphatic heterocycles. The average Bonchev–Trinajstić information content (AvgIpc) is 2.78. The number of carbonyl (C=O) groups excluding carboxylic acids is 1. The molecule has 0 aliphatic carbocycles. The van der Waals surface area contributed by atoms with Crippen LogP contribution >= 0.6 is 23.1 Å². The third-order valence-electron chi connectivity index (χ3n) is 3.59. The molecule has 8 heteroatoms. The normalized spacial score (nSPS) is 11.1. The first-order valence-electron chi connectivity index (χ1n) is 7.46. The zero-order chi connectivity index (χ0) is 18.1. The number of rotatable bonds is 4. The number of nitrogens with zero attached hydrogens (tertiary/aromatic N) is 2. The minimum atomic E-state index is -0.736. The average molecular weight is 379 g/mol. The number of fused-ring (bicyclic) bond motifs is 1. The van der Waals surface area contributed by atoms with E-state index in [4.69, 9.17) is 0 Å². The molecular weight excluding hydrogens is 364 g/mol. The summed E-state index contributed by atoms with van der Waals surface area (Å²) in [6.45, 7) is 5.84. The maximum atomic E-state index is 13.2. The van der Waals surface area contributed by atoms with Crippen molar-refractivity contribution >= 4 is 44.9 Å². The van der Waals surface area contributed by atoms with Crippen LogP contribution in [0.5, 0.6) is 0 Å². The van der Waals surface area contributed by atoms with Gasteiger partial charge in [-0.05, 0) is 38.5 Å². The second-order valence-electron chi connectivity index (χ2n) is 5.53. The summed E-state index contributed by atoms with van der Waals surface area (Å²) < 4.78 is 26.4. The summed E-state index contributed by atoms with van der Waals surface area (Å²) in [5, 5.41) is 4.20. The predicted molar refractivity (Wildman–Crippen MR) is 97.3 cm³/mol. The molecule has 3 aromatic rings. The number of benzene rings is 1. The van der Waals surface area contributed by atoms with E-state index >= 15 is 0 Å². The van der Waals surface area contributed by atoms with Gasteiger partial charge in [0.2, 0.25) is 5.91 Å². The van der Waals surface area contributed by atoms with Gasteiger partial charge in [0.1, 0.15) is 27.3 Å². The van der Waals surface area contributed by atoms with E-state index in [2.05, 4.69) is 15.3 Å². The van der Waals surface area contributed by atoms with E-state index in [0.29, 0.717) is 5.82 Å². The molecule has 0 spiro atoms. The van der Waals surface area contributed by atoms with Gasteiger partial charge in [-0.2, -0.15) is 0 Å². The largest absolute Gasteiger partial charge is 0.325 e. The molecule has 0 saturated carbocycles. The van der Waals surface area contributed by atoms with Crippen LogP contribution in [0.15, 0.2) is 23.2 Å². The molecule has 2 heterocycles. The van der Waals surface area contributed by atoms with Crippen LogP contribution in [0.2, 0.25) is 0 Å². The van der Waals surface area contributed by atoms with Crippen LogP contribution < -0.4 is 5.32 Å². The smallest absolute Gasteiger partial charge is 0.234 e. The SMILES string of the molecule is Cc1nc(SCC(=O)Nc2cc(F)cc(F)c2)c2c(C)c(C)sc2n1. The van der Waals surface area contributed by atoms with Crippen molar-refractivity contribution in [2.45, 2.75) is 25.8 Å². The number of aryl methyl sites for hydroxylation is 3. The van der Waals surface area contributed by atoms with Crippen molar-refractivity contribution in [3.8, 4) is 0 Å². The van der Waals surface area contributed by atoms with Crippen molar-refractivity contribution in [3.63, 3.8) is 0 Å². The van der Waals surface area contributed by atoms with Crippen LogP contribution in [0.1, 0.15) is 16.3 Å². The van der Waals surface area contributed by atoms with Crippen LogP contribution in [-0.2, 0) is 4.79 Å². The Labute approximate surface area is 151 Å². The number of thiophene rings is 1. The lowest BCUT2D eigenvalue weighted by molar-refractivity contribution is -0.113. The molecule has 1 amide bonds. The first kappa shape index (κ1) is 17.8. The van der Waals surface area contributed by atoms with Gasteiger partial charge in [-0.3, -0.25) is 4.79 Å². The van der Waals surface area contributed by atoms with Crippen molar-refractivity contribution in [2.75, 3.05) is 11.1 Å². The van der Waals surface area contributed by atoms with Gasteiger partial charge in [0, 0.05) is 22.0 Å². The number of hydrogen-bond donors (Lipinski definition) is 1. The third-order valence-corrected chi connectivity index (χ3v) is 5.67. The molecular formula is C17H15F2N3OS2. The van der Waals surface area contributed by atoms with Gasteiger partial charge >= 0.3 is 0 Å². The Bertz CT molecular complexity index is 952. The monoisotopic (exact) mass is 379 g/mol. The number of nitrogens with one attached hydrogen (secondary N) is 1. The lowest BCUT2D eigenvalue weighted by Gasteiger charge is -2.07. The Morgan fingerprint density at radius 1 is 1.16 bits per heavy atom. The summed E-state index contributed by atoms with van der Waals surface area (Å²) in [5.74, 6) is -1.10. The molecule has 0 unspecified atom stereocenters. The van der Waals surface area contributed by atoms with Crippen molar-refractivity contribution in [1.29, 1.82) is 0 Å². The van der Waals surface area contributed by atoms with E-state index in [1.165, 1.54) is 11.8 Å². The number of aromatic nitrogens is 2. The molecule has 0 bridgehead atoms. The molecule has 4 nitrogen and oxygen atoms in total. The van der Waals surface area contributed by atoms with Gasteiger partial charge in [-0.25, -0.2) is 18.7 Å². The second kappa shape index (κ2) is 7.05. The summed E-state index contributed by atoms with van der Waals surface area (Å²) >= 11 is 2.88. The van der Waals surface area contributed by atoms with E-state index in [1.807, 2.05) is 20.8 Å². The van der Waals surface area contributed by atoms with E-state index < -0.39 is 11.6 Å². The molecule has 0 fully saturated rings. The zero-order valence-electron chi connectivity index (χ0n) is 13.8. The maximum absolute atomic E-state index is 13.2. The first-order chi connectivity index (χ1) is 11.8. The summed E-state index contributed by atoms with van der Waals surface area (Å²) in [6.07, 6.45) is 0. The lowest BCUT2D eigenvalue weighted by Crippen LogP contribution is -2.14. The Hall–Kier alpha value is -2.06. The van der Waals surface area contributed by atoms with Gasteiger partial charge in [0.25, 0.3) is 0 Å². The van der Waals surface area contributed by atoms with Crippen LogP contribution in [0, 0.1) is 32.4 Å². The topological polar surface area (TPSA) is 54.9 Å². The quantitative estimate of drug-likeness (QED) is 0.531. The molecule has 130 valence electrons. The highest BCUT2D eigenvalue weighted by Crippen LogP contribution is 2.35. The number of carbonyl (C=O) groups is 1. The van der Waals surface area contributed by atoms with Crippen molar-refractivity contribution in [2.24, 2.45) is 0 Å². The predicted octanol–water partition coefficient (Wildman–Crippen LogP) is 4.63. The van der Waals surface area contributed by atoms with Crippen molar-refractivity contribution in [1.82, 2.24) is 9.97 Å². The lowest BCUT2D eigenvalue weighted by atomic mass is 10.2. The Morgan fingerprint density at radius 2 is 1.84 bits per heavy atom. The van der Waals surface area contributed by atoms with Gasteiger partial charge < -0.3 is 5.32 Å². The highest BCUT2D eigenvalue weighted by atomic mass is 32.2. The summed E-state index contributed by atoms with van der Waals surface area (Å²) in [5.41, 5.74) is 1.20. The summed E-state index contributed by atoms with van der Waals surface area (Å²) in [4.78, 5) is 23.0. The fourth-order valence-electron chi connectivity index (χ4n) is 2.38. The number of halogens is 2. The molecule has 1 N–H and O–H groups in total. The van der Waals surface area contributed by atoms with E-state index in [1.54, 1.807) is 11.3 Å².